The van der Waals surface area contributed by atoms with Gasteiger partial charge in [0.2, 0.25) is 0 Å². The number of piperidine rings is 1. The molecule has 0 saturated carbocycles. The number of fused-ring (bicyclic) bond motifs is 1. The number of aromatic nitrogens is 4. The Bertz CT molecular complexity index is 1230. The summed E-state index contributed by atoms with van der Waals surface area (Å²) in [6, 6.07) is 5.77. The van der Waals surface area contributed by atoms with Gasteiger partial charge in [0.1, 0.15) is 5.82 Å². The summed E-state index contributed by atoms with van der Waals surface area (Å²) in [5.41, 5.74) is 0.894. The molecular weight excluding hydrogens is 425 g/mol. The molecule has 0 N–H and O–H groups in total. The summed E-state index contributed by atoms with van der Waals surface area (Å²) >= 11 is 12.5. The number of aryl methyl sites for hydroxylation is 1. The van der Waals surface area contributed by atoms with Crippen LogP contribution in [0, 0.1) is 0 Å². The molecule has 30 heavy (non-hydrogen) atoms. The summed E-state index contributed by atoms with van der Waals surface area (Å²) < 4.78 is 4.45. The molecule has 0 spiro atoms. The van der Waals surface area contributed by atoms with Crippen LogP contribution < -0.4 is 11.2 Å². The Hall–Kier alpha value is -2.09. The summed E-state index contributed by atoms with van der Waals surface area (Å²) in [5.74, 6) is 0.753. The lowest BCUT2D eigenvalue weighted by Crippen LogP contribution is -2.38. The Morgan fingerprint density at radius 2 is 1.87 bits per heavy atom. The zero-order valence-corrected chi connectivity index (χ0v) is 18.9. The molecule has 3 aromatic rings. The molecule has 1 aliphatic heterocycles. The van der Waals surface area contributed by atoms with Crippen LogP contribution in [-0.4, -0.2) is 36.2 Å². The third-order valence-electron chi connectivity index (χ3n) is 6.06. The maximum absolute atomic E-state index is 13.0. The molecule has 1 fully saturated rings. The van der Waals surface area contributed by atoms with Crippen LogP contribution in [0.3, 0.4) is 0 Å². The molecule has 3 heterocycles. The van der Waals surface area contributed by atoms with Crippen LogP contribution in [0.2, 0.25) is 10.0 Å². The third-order valence-corrected chi connectivity index (χ3v) is 6.64. The van der Waals surface area contributed by atoms with Crippen molar-refractivity contribution >= 4 is 34.4 Å². The van der Waals surface area contributed by atoms with E-state index in [1.54, 1.807) is 19.2 Å². The van der Waals surface area contributed by atoms with Crippen LogP contribution in [0.25, 0.3) is 11.2 Å². The van der Waals surface area contributed by atoms with Crippen molar-refractivity contribution in [2.45, 2.75) is 45.3 Å². The van der Waals surface area contributed by atoms with Crippen molar-refractivity contribution in [1.82, 2.24) is 23.6 Å². The highest BCUT2D eigenvalue weighted by Gasteiger charge is 2.24. The summed E-state index contributed by atoms with van der Waals surface area (Å²) in [5, 5.41) is 1.09. The molecule has 9 heteroatoms. The molecule has 0 bridgehead atoms. The van der Waals surface area contributed by atoms with Gasteiger partial charge in [-0.05, 0) is 44.0 Å². The SMILES string of the molecule is C[C@@H]1CCCCN1Cc1nc2c(c(=O)n(C)c(=O)n2C)n1Cc1ccc(Cl)cc1Cl. The number of hydrogen-bond donors (Lipinski definition) is 0. The first kappa shape index (κ1) is 21.2. The Balaban J connectivity index is 1.90. The lowest BCUT2D eigenvalue weighted by molar-refractivity contribution is 0.147. The normalized spacial score (nSPS) is 17.7. The van der Waals surface area contributed by atoms with E-state index in [1.807, 2.05) is 10.6 Å². The second kappa shape index (κ2) is 8.21. The lowest BCUT2D eigenvalue weighted by atomic mass is 10.0. The van der Waals surface area contributed by atoms with Gasteiger partial charge in [-0.1, -0.05) is 35.7 Å². The van der Waals surface area contributed by atoms with E-state index in [0.29, 0.717) is 40.3 Å². The fourth-order valence-electron chi connectivity index (χ4n) is 4.18. The Morgan fingerprint density at radius 3 is 2.57 bits per heavy atom. The monoisotopic (exact) mass is 449 g/mol. The van der Waals surface area contributed by atoms with Crippen molar-refractivity contribution in [1.29, 1.82) is 0 Å². The third kappa shape index (κ3) is 3.70. The van der Waals surface area contributed by atoms with Crippen molar-refractivity contribution in [3.63, 3.8) is 0 Å². The average Bonchev–Trinajstić information content (AvgIpc) is 3.07. The van der Waals surface area contributed by atoms with Gasteiger partial charge in [-0.15, -0.1) is 0 Å². The largest absolute Gasteiger partial charge is 0.332 e. The topological polar surface area (TPSA) is 65.1 Å². The van der Waals surface area contributed by atoms with E-state index in [2.05, 4.69) is 11.8 Å². The van der Waals surface area contributed by atoms with Crippen LogP contribution in [0.5, 0.6) is 0 Å². The van der Waals surface area contributed by atoms with E-state index < -0.39 is 0 Å². The molecule has 0 radical (unpaired) electrons. The van der Waals surface area contributed by atoms with Gasteiger partial charge in [-0.3, -0.25) is 18.8 Å². The maximum atomic E-state index is 13.0. The van der Waals surface area contributed by atoms with Gasteiger partial charge in [0, 0.05) is 30.2 Å². The maximum Gasteiger partial charge on any atom is 0.332 e. The summed E-state index contributed by atoms with van der Waals surface area (Å²) in [7, 11) is 3.13. The molecular formula is C21H25Cl2N5O2. The first-order chi connectivity index (χ1) is 14.3. The highest BCUT2D eigenvalue weighted by Crippen LogP contribution is 2.25. The van der Waals surface area contributed by atoms with Gasteiger partial charge < -0.3 is 4.57 Å². The minimum Gasteiger partial charge on any atom is -0.316 e. The highest BCUT2D eigenvalue weighted by atomic mass is 35.5. The predicted molar refractivity (Wildman–Crippen MR) is 120 cm³/mol. The van der Waals surface area contributed by atoms with E-state index in [0.717, 1.165) is 35.3 Å². The molecule has 0 aliphatic carbocycles. The van der Waals surface area contributed by atoms with Crippen LogP contribution in [-0.2, 0) is 27.2 Å². The van der Waals surface area contributed by atoms with Gasteiger partial charge in [0.25, 0.3) is 5.56 Å². The van der Waals surface area contributed by atoms with Crippen molar-refractivity contribution in [3.05, 3.63) is 60.5 Å². The number of imidazole rings is 1. The number of nitrogens with zero attached hydrogens (tertiary/aromatic N) is 5. The van der Waals surface area contributed by atoms with Crippen LogP contribution in [0.15, 0.2) is 27.8 Å². The second-order valence-electron chi connectivity index (χ2n) is 8.04. The van der Waals surface area contributed by atoms with Crippen molar-refractivity contribution in [2.24, 2.45) is 14.1 Å². The zero-order valence-electron chi connectivity index (χ0n) is 17.4. The number of hydrogen-bond acceptors (Lipinski definition) is 4. The number of halogens is 2. The first-order valence-electron chi connectivity index (χ1n) is 10.1. The summed E-state index contributed by atoms with van der Waals surface area (Å²) in [6.45, 7) is 4.19. The van der Waals surface area contributed by atoms with E-state index in [4.69, 9.17) is 28.2 Å². The number of rotatable bonds is 4. The van der Waals surface area contributed by atoms with Crippen LogP contribution >= 0.6 is 23.2 Å². The smallest absolute Gasteiger partial charge is 0.316 e. The predicted octanol–water partition coefficient (Wildman–Crippen LogP) is 3.16. The molecule has 7 nitrogen and oxygen atoms in total. The fraction of sp³-hybridized carbons (Fsp3) is 0.476. The van der Waals surface area contributed by atoms with E-state index >= 15 is 0 Å². The Kier molecular flexibility index (Phi) is 5.79. The molecule has 0 amide bonds. The average molecular weight is 450 g/mol. The highest BCUT2D eigenvalue weighted by molar-refractivity contribution is 6.35. The van der Waals surface area contributed by atoms with Crippen molar-refractivity contribution < 1.29 is 0 Å². The lowest BCUT2D eigenvalue weighted by Gasteiger charge is -2.33. The van der Waals surface area contributed by atoms with Crippen LogP contribution in [0.1, 0.15) is 37.6 Å². The Labute approximate surface area is 184 Å². The standard InChI is InChI=1S/C21H25Cl2N5O2/c1-13-6-4-5-9-27(13)12-17-24-19-18(20(29)26(3)21(30)25(19)2)28(17)11-14-7-8-15(22)10-16(14)23/h7-8,10,13H,4-6,9,11-12H2,1-3H3/t13-/m1/s1. The molecule has 1 aliphatic rings. The van der Waals surface area contributed by atoms with Gasteiger partial charge in [0.05, 0.1) is 13.1 Å². The molecule has 0 unspecified atom stereocenters. The quantitative estimate of drug-likeness (QED) is 0.613. The van der Waals surface area contributed by atoms with E-state index in [-0.39, 0.29) is 11.2 Å². The molecule has 1 saturated heterocycles. The minimum atomic E-state index is -0.389. The van der Waals surface area contributed by atoms with E-state index in [1.165, 1.54) is 18.0 Å². The Morgan fingerprint density at radius 1 is 1.10 bits per heavy atom. The molecule has 160 valence electrons. The van der Waals surface area contributed by atoms with Crippen molar-refractivity contribution in [2.75, 3.05) is 6.54 Å². The van der Waals surface area contributed by atoms with Crippen molar-refractivity contribution in [3.8, 4) is 0 Å². The van der Waals surface area contributed by atoms with Gasteiger partial charge in [-0.25, -0.2) is 9.78 Å². The molecule has 2 aromatic heterocycles. The fourth-order valence-corrected chi connectivity index (χ4v) is 4.65. The van der Waals surface area contributed by atoms with E-state index in [9.17, 15) is 9.59 Å². The van der Waals surface area contributed by atoms with Gasteiger partial charge >= 0.3 is 5.69 Å². The number of benzene rings is 1. The van der Waals surface area contributed by atoms with Crippen LogP contribution in [0.4, 0.5) is 0 Å². The van der Waals surface area contributed by atoms with Gasteiger partial charge in [0.15, 0.2) is 11.2 Å². The number of likely N-dealkylation sites (tertiary alicyclic amines) is 1. The summed E-state index contributed by atoms with van der Waals surface area (Å²) in [6.07, 6.45) is 3.51. The van der Waals surface area contributed by atoms with Gasteiger partial charge in [-0.2, -0.15) is 0 Å². The molecule has 1 atom stereocenters. The molecule has 1 aromatic carbocycles. The minimum absolute atomic E-state index is 0.358. The summed E-state index contributed by atoms with van der Waals surface area (Å²) in [4.78, 5) is 32.6. The molecule has 4 rings (SSSR count). The zero-order chi connectivity index (χ0) is 21.6. The first-order valence-corrected chi connectivity index (χ1v) is 10.9. The second-order valence-corrected chi connectivity index (χ2v) is 8.89.